The molecule has 14 heavy (non-hydrogen) atoms. The lowest BCUT2D eigenvalue weighted by molar-refractivity contribution is -0.137. The van der Waals surface area contributed by atoms with Crippen molar-refractivity contribution < 1.29 is 9.90 Å². The van der Waals surface area contributed by atoms with Gasteiger partial charge in [-0.15, -0.1) is 11.3 Å². The number of carboxylic acids is 1. The first-order chi connectivity index (χ1) is 6.77. The number of hydrogen-bond acceptors (Lipinski definition) is 3. The number of hydrogen-bond donors (Lipinski definition) is 2. The second kappa shape index (κ2) is 3.79. The van der Waals surface area contributed by atoms with Gasteiger partial charge < -0.3 is 5.11 Å². The lowest BCUT2D eigenvalue weighted by Gasteiger charge is -1.94. The average molecular weight is 210 g/mol. The first kappa shape index (κ1) is 9.21. The normalized spacial score (nSPS) is 10.9. The van der Waals surface area contributed by atoms with Gasteiger partial charge in [-0.1, -0.05) is 0 Å². The Morgan fingerprint density at radius 2 is 2.50 bits per heavy atom. The molecule has 0 aromatic carbocycles. The molecule has 74 valence electrons. The Morgan fingerprint density at radius 1 is 1.64 bits per heavy atom. The summed E-state index contributed by atoms with van der Waals surface area (Å²) in [6.07, 6.45) is 1.62. The fraction of sp³-hybridized carbons (Fsp3) is 0.333. The molecular weight excluding hydrogens is 200 g/mol. The zero-order valence-corrected chi connectivity index (χ0v) is 8.30. The summed E-state index contributed by atoms with van der Waals surface area (Å²) in [7, 11) is 0. The standard InChI is InChI=1S/C9H10N2O2S/c12-8(13)3-1-2-6-9-7(11-10-6)4-5-14-9/h4-5H,1-3H2,(H,10,11)(H,12,13). The second-order valence-corrected chi connectivity index (χ2v) is 4.00. The van der Waals surface area contributed by atoms with Gasteiger partial charge in [0, 0.05) is 6.42 Å². The minimum absolute atomic E-state index is 0.214. The highest BCUT2D eigenvalue weighted by Crippen LogP contribution is 2.23. The fourth-order valence-electron chi connectivity index (χ4n) is 1.38. The minimum atomic E-state index is -0.744. The summed E-state index contributed by atoms with van der Waals surface area (Å²) in [6.45, 7) is 0. The van der Waals surface area contributed by atoms with Gasteiger partial charge in [0.2, 0.25) is 0 Å². The van der Waals surface area contributed by atoms with E-state index in [1.807, 2.05) is 11.4 Å². The number of nitrogens with zero attached hydrogens (tertiary/aromatic N) is 1. The summed E-state index contributed by atoms with van der Waals surface area (Å²) in [4.78, 5) is 10.3. The predicted molar refractivity (Wildman–Crippen MR) is 54.5 cm³/mol. The highest BCUT2D eigenvalue weighted by atomic mass is 32.1. The molecule has 2 N–H and O–H groups in total. The SMILES string of the molecule is O=C(O)CCCc1[nH]nc2ccsc12. The van der Waals surface area contributed by atoms with Crippen molar-refractivity contribution in [2.45, 2.75) is 19.3 Å². The van der Waals surface area contributed by atoms with Crippen LogP contribution in [0.25, 0.3) is 10.2 Å². The van der Waals surface area contributed by atoms with E-state index in [0.717, 1.165) is 22.3 Å². The van der Waals surface area contributed by atoms with Gasteiger partial charge in [0.1, 0.15) is 5.52 Å². The molecule has 0 spiro atoms. The molecule has 0 aliphatic heterocycles. The molecule has 2 aromatic rings. The zero-order valence-electron chi connectivity index (χ0n) is 7.49. The Balaban J connectivity index is 2.04. The van der Waals surface area contributed by atoms with E-state index in [9.17, 15) is 4.79 Å². The molecule has 0 saturated heterocycles. The molecular formula is C9H10N2O2S. The number of rotatable bonds is 4. The highest BCUT2D eigenvalue weighted by Gasteiger charge is 2.06. The summed E-state index contributed by atoms with van der Waals surface area (Å²) >= 11 is 1.64. The van der Waals surface area contributed by atoms with Gasteiger partial charge in [-0.25, -0.2) is 0 Å². The third-order valence-corrected chi connectivity index (χ3v) is 3.01. The largest absolute Gasteiger partial charge is 0.481 e. The van der Waals surface area contributed by atoms with E-state index in [2.05, 4.69) is 10.2 Å². The number of nitrogens with one attached hydrogen (secondary N) is 1. The van der Waals surface area contributed by atoms with E-state index in [0.29, 0.717) is 6.42 Å². The Morgan fingerprint density at radius 3 is 3.29 bits per heavy atom. The second-order valence-electron chi connectivity index (χ2n) is 3.08. The van der Waals surface area contributed by atoms with Crippen molar-refractivity contribution in [2.24, 2.45) is 0 Å². The van der Waals surface area contributed by atoms with Crippen LogP contribution in [0.15, 0.2) is 11.4 Å². The molecule has 5 heteroatoms. The minimum Gasteiger partial charge on any atom is -0.481 e. The summed E-state index contributed by atoms with van der Waals surface area (Å²) in [5, 5.41) is 17.5. The molecule has 4 nitrogen and oxygen atoms in total. The monoisotopic (exact) mass is 210 g/mol. The molecule has 0 fully saturated rings. The number of aromatic nitrogens is 2. The van der Waals surface area contributed by atoms with Crippen molar-refractivity contribution in [2.75, 3.05) is 0 Å². The quantitative estimate of drug-likeness (QED) is 0.811. The molecule has 0 saturated carbocycles. The average Bonchev–Trinajstić information content (AvgIpc) is 2.67. The maximum absolute atomic E-state index is 10.3. The topological polar surface area (TPSA) is 66.0 Å². The lowest BCUT2D eigenvalue weighted by atomic mass is 10.2. The molecule has 2 heterocycles. The molecule has 0 atom stereocenters. The van der Waals surface area contributed by atoms with Gasteiger partial charge in [-0.2, -0.15) is 5.10 Å². The van der Waals surface area contributed by atoms with E-state index in [4.69, 9.17) is 5.11 Å². The van der Waals surface area contributed by atoms with E-state index in [-0.39, 0.29) is 6.42 Å². The van der Waals surface area contributed by atoms with Crippen LogP contribution >= 0.6 is 11.3 Å². The van der Waals surface area contributed by atoms with Gasteiger partial charge in [-0.3, -0.25) is 9.89 Å². The number of fused-ring (bicyclic) bond motifs is 1. The summed E-state index contributed by atoms with van der Waals surface area (Å²) in [5.41, 5.74) is 2.02. The van der Waals surface area contributed by atoms with E-state index in [1.165, 1.54) is 0 Å². The predicted octanol–water partition coefficient (Wildman–Crippen LogP) is 2.03. The summed E-state index contributed by atoms with van der Waals surface area (Å²) < 4.78 is 1.15. The Hall–Kier alpha value is -1.36. The van der Waals surface area contributed by atoms with Crippen molar-refractivity contribution in [3.05, 3.63) is 17.1 Å². The zero-order chi connectivity index (χ0) is 9.97. The van der Waals surface area contributed by atoms with Crippen LogP contribution in [0.4, 0.5) is 0 Å². The Kier molecular flexibility index (Phi) is 2.49. The van der Waals surface area contributed by atoms with Gasteiger partial charge in [0.25, 0.3) is 0 Å². The molecule has 0 aliphatic rings. The van der Waals surface area contributed by atoms with Crippen LogP contribution in [0.5, 0.6) is 0 Å². The maximum Gasteiger partial charge on any atom is 0.303 e. The van der Waals surface area contributed by atoms with Crippen molar-refractivity contribution in [3.8, 4) is 0 Å². The molecule has 0 bridgehead atoms. The maximum atomic E-state index is 10.3. The number of aliphatic carboxylic acids is 1. The van der Waals surface area contributed by atoms with Crippen LogP contribution in [-0.2, 0) is 11.2 Å². The number of aryl methyl sites for hydroxylation is 1. The van der Waals surface area contributed by atoms with Gasteiger partial charge in [0.05, 0.1) is 10.4 Å². The van der Waals surface area contributed by atoms with Crippen LogP contribution in [0.1, 0.15) is 18.5 Å². The number of carbonyl (C=O) groups is 1. The van der Waals surface area contributed by atoms with Crippen molar-refractivity contribution in [3.63, 3.8) is 0 Å². The molecule has 2 rings (SSSR count). The van der Waals surface area contributed by atoms with Gasteiger partial charge in [0.15, 0.2) is 0 Å². The smallest absolute Gasteiger partial charge is 0.303 e. The van der Waals surface area contributed by atoms with Crippen LogP contribution in [0, 0.1) is 0 Å². The lowest BCUT2D eigenvalue weighted by Crippen LogP contribution is -1.96. The molecule has 0 radical (unpaired) electrons. The van der Waals surface area contributed by atoms with Crippen molar-refractivity contribution in [1.82, 2.24) is 10.2 Å². The van der Waals surface area contributed by atoms with E-state index < -0.39 is 5.97 Å². The van der Waals surface area contributed by atoms with Crippen LogP contribution in [0.2, 0.25) is 0 Å². The van der Waals surface area contributed by atoms with E-state index >= 15 is 0 Å². The molecule has 0 amide bonds. The first-order valence-corrected chi connectivity index (χ1v) is 5.27. The molecule has 2 aromatic heterocycles. The van der Waals surface area contributed by atoms with Crippen molar-refractivity contribution >= 4 is 27.5 Å². The van der Waals surface area contributed by atoms with Crippen LogP contribution in [-0.4, -0.2) is 21.3 Å². The highest BCUT2D eigenvalue weighted by molar-refractivity contribution is 7.17. The van der Waals surface area contributed by atoms with Gasteiger partial charge >= 0.3 is 5.97 Å². The summed E-state index contributed by atoms with van der Waals surface area (Å²) in [6, 6.07) is 1.96. The Bertz CT molecular complexity index is 446. The Labute approximate surface area is 84.6 Å². The van der Waals surface area contributed by atoms with Crippen LogP contribution in [0.3, 0.4) is 0 Å². The third-order valence-electron chi connectivity index (χ3n) is 2.05. The number of aromatic amines is 1. The number of carboxylic acid groups (broad SMARTS) is 1. The number of H-pyrrole nitrogens is 1. The summed E-state index contributed by atoms with van der Waals surface area (Å²) in [5.74, 6) is -0.744. The van der Waals surface area contributed by atoms with E-state index in [1.54, 1.807) is 11.3 Å². The van der Waals surface area contributed by atoms with Gasteiger partial charge in [-0.05, 0) is 24.3 Å². The van der Waals surface area contributed by atoms with Crippen molar-refractivity contribution in [1.29, 1.82) is 0 Å². The third kappa shape index (κ3) is 1.77. The molecule has 0 aliphatic carbocycles. The first-order valence-electron chi connectivity index (χ1n) is 4.39. The fourth-order valence-corrected chi connectivity index (χ4v) is 2.24. The van der Waals surface area contributed by atoms with Crippen LogP contribution < -0.4 is 0 Å². The molecule has 0 unspecified atom stereocenters. The number of thiophene rings is 1.